The zero-order chi connectivity index (χ0) is 16.1. The van der Waals surface area contributed by atoms with E-state index >= 15 is 0 Å². The average molecular weight is 313 g/mol. The van der Waals surface area contributed by atoms with Gasteiger partial charge in [-0.15, -0.1) is 0 Å². The second-order valence-corrected chi connectivity index (χ2v) is 5.24. The Bertz CT molecular complexity index is 542. The SMILES string of the molecule is O=C(O)CC1CCN(C(=O)c2cccc(OC(F)F)c2)CC1. The number of hydrogen-bond donors (Lipinski definition) is 1. The number of carboxylic acids is 1. The molecular formula is C15H17F2NO4. The second kappa shape index (κ2) is 7.20. The van der Waals surface area contributed by atoms with Crippen LogP contribution in [0.3, 0.4) is 0 Å². The fourth-order valence-electron chi connectivity index (χ4n) is 2.58. The number of nitrogens with zero attached hydrogens (tertiary/aromatic N) is 1. The lowest BCUT2D eigenvalue weighted by molar-refractivity contribution is -0.138. The first-order chi connectivity index (χ1) is 10.5. The number of carbonyl (C=O) groups excluding carboxylic acids is 1. The van der Waals surface area contributed by atoms with Gasteiger partial charge in [0.2, 0.25) is 0 Å². The number of alkyl halides is 2. The Labute approximate surface area is 126 Å². The fraction of sp³-hybridized carbons (Fsp3) is 0.467. The topological polar surface area (TPSA) is 66.8 Å². The molecule has 1 amide bonds. The minimum atomic E-state index is -2.93. The number of rotatable bonds is 5. The highest BCUT2D eigenvalue weighted by molar-refractivity contribution is 5.94. The van der Waals surface area contributed by atoms with E-state index in [1.54, 1.807) is 11.0 Å². The molecule has 1 aromatic carbocycles. The van der Waals surface area contributed by atoms with Crippen molar-refractivity contribution >= 4 is 11.9 Å². The Balaban J connectivity index is 1.96. The lowest BCUT2D eigenvalue weighted by Gasteiger charge is -2.31. The van der Waals surface area contributed by atoms with Crippen molar-refractivity contribution in [2.45, 2.75) is 25.9 Å². The molecule has 1 N–H and O–H groups in total. The van der Waals surface area contributed by atoms with Gasteiger partial charge in [-0.3, -0.25) is 9.59 Å². The number of benzene rings is 1. The van der Waals surface area contributed by atoms with Crippen LogP contribution in [0.5, 0.6) is 5.75 Å². The summed E-state index contributed by atoms with van der Waals surface area (Å²) in [7, 11) is 0. The third-order valence-corrected chi connectivity index (χ3v) is 3.67. The molecule has 1 heterocycles. The third kappa shape index (κ3) is 4.41. The van der Waals surface area contributed by atoms with Gasteiger partial charge < -0.3 is 14.7 Å². The first-order valence-electron chi connectivity index (χ1n) is 7.01. The molecule has 5 nitrogen and oxygen atoms in total. The number of amides is 1. The molecule has 22 heavy (non-hydrogen) atoms. The molecule has 0 radical (unpaired) electrons. The van der Waals surface area contributed by atoms with Gasteiger partial charge >= 0.3 is 12.6 Å². The highest BCUT2D eigenvalue weighted by Crippen LogP contribution is 2.23. The molecular weight excluding hydrogens is 296 g/mol. The summed E-state index contributed by atoms with van der Waals surface area (Å²) < 4.78 is 28.7. The molecule has 0 atom stereocenters. The molecule has 0 saturated carbocycles. The molecule has 7 heteroatoms. The van der Waals surface area contributed by atoms with E-state index in [2.05, 4.69) is 4.74 Å². The smallest absolute Gasteiger partial charge is 0.387 e. The molecule has 1 aliphatic rings. The lowest BCUT2D eigenvalue weighted by atomic mass is 9.93. The molecule has 0 aliphatic carbocycles. The summed E-state index contributed by atoms with van der Waals surface area (Å²) in [6, 6.07) is 5.69. The first kappa shape index (κ1) is 16.2. The summed E-state index contributed by atoms with van der Waals surface area (Å²) in [6.45, 7) is -2.00. The van der Waals surface area contributed by atoms with E-state index < -0.39 is 12.6 Å². The van der Waals surface area contributed by atoms with E-state index in [1.807, 2.05) is 0 Å². The summed E-state index contributed by atoms with van der Waals surface area (Å²) >= 11 is 0. The van der Waals surface area contributed by atoms with Crippen LogP contribution in [0.1, 0.15) is 29.6 Å². The maximum Gasteiger partial charge on any atom is 0.387 e. The minimum Gasteiger partial charge on any atom is -0.481 e. The molecule has 0 aromatic heterocycles. The monoisotopic (exact) mass is 313 g/mol. The zero-order valence-corrected chi connectivity index (χ0v) is 11.9. The van der Waals surface area contributed by atoms with Crippen molar-refractivity contribution in [3.05, 3.63) is 29.8 Å². The molecule has 1 saturated heterocycles. The molecule has 0 bridgehead atoms. The maximum absolute atomic E-state index is 12.3. The number of carboxylic acid groups (broad SMARTS) is 1. The van der Waals surface area contributed by atoms with Gasteiger partial charge in [-0.25, -0.2) is 0 Å². The molecule has 120 valence electrons. The Morgan fingerprint density at radius 1 is 1.32 bits per heavy atom. The van der Waals surface area contributed by atoms with E-state index in [0.29, 0.717) is 25.9 Å². The predicted molar refractivity (Wildman–Crippen MR) is 74.0 cm³/mol. The van der Waals surface area contributed by atoms with E-state index in [-0.39, 0.29) is 29.6 Å². The van der Waals surface area contributed by atoms with Crippen LogP contribution >= 0.6 is 0 Å². The van der Waals surface area contributed by atoms with Crippen molar-refractivity contribution in [1.82, 2.24) is 4.90 Å². The van der Waals surface area contributed by atoms with Crippen LogP contribution in [0.2, 0.25) is 0 Å². The van der Waals surface area contributed by atoms with E-state index in [0.717, 1.165) is 0 Å². The van der Waals surface area contributed by atoms with Crippen LogP contribution in [0.15, 0.2) is 24.3 Å². The number of hydrogen-bond acceptors (Lipinski definition) is 3. The van der Waals surface area contributed by atoms with Crippen LogP contribution < -0.4 is 4.74 Å². The second-order valence-electron chi connectivity index (χ2n) is 5.24. The Morgan fingerprint density at radius 3 is 2.59 bits per heavy atom. The van der Waals surface area contributed by atoms with Crippen molar-refractivity contribution in [3.8, 4) is 5.75 Å². The van der Waals surface area contributed by atoms with Crippen LogP contribution in [0.4, 0.5) is 8.78 Å². The van der Waals surface area contributed by atoms with Crippen molar-refractivity contribution in [2.24, 2.45) is 5.92 Å². The van der Waals surface area contributed by atoms with Crippen LogP contribution in [-0.2, 0) is 4.79 Å². The number of halogens is 2. The zero-order valence-electron chi connectivity index (χ0n) is 11.9. The minimum absolute atomic E-state index is 0.0541. The van der Waals surface area contributed by atoms with Crippen molar-refractivity contribution < 1.29 is 28.2 Å². The van der Waals surface area contributed by atoms with Gasteiger partial charge in [0.15, 0.2) is 0 Å². The van der Waals surface area contributed by atoms with Crippen molar-refractivity contribution in [3.63, 3.8) is 0 Å². The first-order valence-corrected chi connectivity index (χ1v) is 7.01. The van der Waals surface area contributed by atoms with Gasteiger partial charge in [0.1, 0.15) is 5.75 Å². The van der Waals surface area contributed by atoms with Gasteiger partial charge in [-0.2, -0.15) is 8.78 Å². The lowest BCUT2D eigenvalue weighted by Crippen LogP contribution is -2.38. The van der Waals surface area contributed by atoms with Crippen molar-refractivity contribution in [1.29, 1.82) is 0 Å². The molecule has 0 unspecified atom stereocenters. The molecule has 1 fully saturated rings. The van der Waals surface area contributed by atoms with Gasteiger partial charge in [-0.05, 0) is 37.0 Å². The average Bonchev–Trinajstić information content (AvgIpc) is 2.46. The van der Waals surface area contributed by atoms with Crippen molar-refractivity contribution in [2.75, 3.05) is 13.1 Å². The van der Waals surface area contributed by atoms with Gasteiger partial charge in [0.05, 0.1) is 0 Å². The van der Waals surface area contributed by atoms with Crippen LogP contribution in [-0.4, -0.2) is 41.6 Å². The van der Waals surface area contributed by atoms with Gasteiger partial charge in [-0.1, -0.05) is 6.07 Å². The molecule has 0 spiro atoms. The van der Waals surface area contributed by atoms with Crippen LogP contribution in [0.25, 0.3) is 0 Å². The molecule has 1 aromatic rings. The Kier molecular flexibility index (Phi) is 5.30. The van der Waals surface area contributed by atoms with Gasteiger partial charge in [0, 0.05) is 25.1 Å². The number of aliphatic carboxylic acids is 1. The number of carbonyl (C=O) groups is 2. The van der Waals surface area contributed by atoms with Gasteiger partial charge in [0.25, 0.3) is 5.91 Å². The largest absolute Gasteiger partial charge is 0.481 e. The summed E-state index contributed by atoms with van der Waals surface area (Å²) in [4.78, 5) is 24.6. The van der Waals surface area contributed by atoms with E-state index in [9.17, 15) is 18.4 Å². The fourth-order valence-corrected chi connectivity index (χ4v) is 2.58. The summed E-state index contributed by atoms with van der Waals surface area (Å²) in [5, 5.41) is 8.77. The third-order valence-electron chi connectivity index (χ3n) is 3.67. The maximum atomic E-state index is 12.3. The summed E-state index contributed by atoms with van der Waals surface area (Å²) in [5.41, 5.74) is 0.287. The Hall–Kier alpha value is -2.18. The highest BCUT2D eigenvalue weighted by atomic mass is 19.3. The van der Waals surface area contributed by atoms with Crippen LogP contribution in [0, 0.1) is 5.92 Å². The number of piperidine rings is 1. The quantitative estimate of drug-likeness (QED) is 0.907. The highest BCUT2D eigenvalue weighted by Gasteiger charge is 2.25. The number of likely N-dealkylation sites (tertiary alicyclic amines) is 1. The molecule has 2 rings (SSSR count). The normalized spacial score (nSPS) is 15.9. The number of ether oxygens (including phenoxy) is 1. The predicted octanol–water partition coefficient (Wildman–Crippen LogP) is 2.61. The summed E-state index contributed by atoms with van der Waals surface area (Å²) in [5.74, 6) is -1.06. The van der Waals surface area contributed by atoms with E-state index in [4.69, 9.17) is 5.11 Å². The summed E-state index contributed by atoms with van der Waals surface area (Å²) in [6.07, 6.45) is 1.37. The van der Waals surface area contributed by atoms with E-state index in [1.165, 1.54) is 18.2 Å². The molecule has 1 aliphatic heterocycles. The standard InChI is InChI=1S/C15H17F2NO4/c16-15(17)22-12-3-1-2-11(9-12)14(21)18-6-4-10(5-7-18)8-13(19)20/h1-3,9-10,15H,4-8H2,(H,19,20). The Morgan fingerprint density at radius 2 is 2.00 bits per heavy atom.